The summed E-state index contributed by atoms with van der Waals surface area (Å²) in [5.74, 6) is -0.427. The van der Waals surface area contributed by atoms with E-state index in [9.17, 15) is 9.59 Å². The predicted octanol–water partition coefficient (Wildman–Crippen LogP) is 3.11. The van der Waals surface area contributed by atoms with Crippen molar-refractivity contribution in [1.29, 1.82) is 0 Å². The maximum atomic E-state index is 12.4. The quantitative estimate of drug-likeness (QED) is 0.811. The van der Waals surface area contributed by atoms with Gasteiger partial charge in [0.1, 0.15) is 0 Å². The number of aliphatic carboxylic acids is 1. The fourth-order valence-corrected chi connectivity index (χ4v) is 2.22. The van der Waals surface area contributed by atoms with Gasteiger partial charge < -0.3 is 10.4 Å². The first kappa shape index (κ1) is 17.0. The van der Waals surface area contributed by atoms with Gasteiger partial charge in [0.15, 0.2) is 0 Å². The molecular weight excluding hydrogens is 268 g/mol. The van der Waals surface area contributed by atoms with Crippen LogP contribution in [0.5, 0.6) is 0 Å². The minimum atomic E-state index is -0.918. The van der Waals surface area contributed by atoms with Gasteiger partial charge in [0.2, 0.25) is 0 Å². The van der Waals surface area contributed by atoms with E-state index in [1.807, 2.05) is 25.1 Å². The van der Waals surface area contributed by atoms with Crippen molar-refractivity contribution < 1.29 is 14.7 Å². The first-order valence-electron chi connectivity index (χ1n) is 7.25. The largest absolute Gasteiger partial charge is 0.481 e. The Bertz CT molecular complexity index is 460. The maximum Gasteiger partial charge on any atom is 0.322 e. The zero-order valence-corrected chi connectivity index (χ0v) is 12.9. The van der Waals surface area contributed by atoms with E-state index in [2.05, 4.69) is 19.2 Å². The van der Waals surface area contributed by atoms with E-state index in [0.29, 0.717) is 11.6 Å². The molecule has 0 saturated carbocycles. The molecule has 0 aliphatic carbocycles. The number of anilines is 1. The molecule has 1 atom stereocenters. The number of para-hydroxylation sites is 1. The van der Waals surface area contributed by atoms with Crippen LogP contribution < -0.4 is 10.2 Å². The van der Waals surface area contributed by atoms with Crippen LogP contribution >= 0.6 is 0 Å². The van der Waals surface area contributed by atoms with Crippen LogP contribution in [0.25, 0.3) is 0 Å². The number of nitrogens with one attached hydrogen (secondary N) is 1. The second-order valence-corrected chi connectivity index (χ2v) is 5.61. The molecule has 0 aliphatic heterocycles. The number of rotatable bonds is 7. The summed E-state index contributed by atoms with van der Waals surface area (Å²) in [5, 5.41) is 11.8. The Labute approximate surface area is 126 Å². The smallest absolute Gasteiger partial charge is 0.322 e. The Morgan fingerprint density at radius 1 is 1.19 bits per heavy atom. The van der Waals surface area contributed by atoms with E-state index in [4.69, 9.17) is 5.11 Å². The van der Waals surface area contributed by atoms with Crippen molar-refractivity contribution >= 4 is 17.7 Å². The van der Waals surface area contributed by atoms with Gasteiger partial charge in [-0.05, 0) is 31.4 Å². The number of nitrogens with zero attached hydrogens (tertiary/aromatic N) is 1. The van der Waals surface area contributed by atoms with Crippen molar-refractivity contribution in [2.45, 2.75) is 39.7 Å². The standard InChI is InChI=1S/C16H24N2O3/c1-12(2)11-13(3)17-16(21)18(10-9-15(19)20)14-7-5-4-6-8-14/h4-8,12-13H,9-11H2,1-3H3,(H,17,21)(H,19,20). The number of hydrogen-bond donors (Lipinski definition) is 2. The molecule has 1 aromatic rings. The van der Waals surface area contributed by atoms with E-state index in [0.717, 1.165) is 6.42 Å². The molecule has 0 heterocycles. The van der Waals surface area contributed by atoms with Gasteiger partial charge in [-0.1, -0.05) is 32.0 Å². The Hall–Kier alpha value is -2.04. The van der Waals surface area contributed by atoms with Crippen LogP contribution in [0, 0.1) is 5.92 Å². The van der Waals surface area contributed by atoms with Gasteiger partial charge in [-0.25, -0.2) is 4.79 Å². The zero-order chi connectivity index (χ0) is 15.8. The maximum absolute atomic E-state index is 12.4. The number of hydrogen-bond acceptors (Lipinski definition) is 2. The first-order chi connectivity index (χ1) is 9.90. The molecule has 0 aliphatic rings. The third-order valence-electron chi connectivity index (χ3n) is 3.06. The van der Waals surface area contributed by atoms with Crippen LogP contribution in [0.3, 0.4) is 0 Å². The van der Waals surface area contributed by atoms with Crippen LogP contribution in [0.4, 0.5) is 10.5 Å². The van der Waals surface area contributed by atoms with Gasteiger partial charge in [0.25, 0.3) is 0 Å². The highest BCUT2D eigenvalue weighted by molar-refractivity contribution is 5.92. The molecule has 21 heavy (non-hydrogen) atoms. The summed E-state index contributed by atoms with van der Waals surface area (Å²) in [6, 6.07) is 8.91. The monoisotopic (exact) mass is 292 g/mol. The van der Waals surface area contributed by atoms with Gasteiger partial charge in [-0.2, -0.15) is 0 Å². The lowest BCUT2D eigenvalue weighted by molar-refractivity contribution is -0.136. The molecule has 0 saturated heterocycles. The van der Waals surface area contributed by atoms with Crippen molar-refractivity contribution in [3.05, 3.63) is 30.3 Å². The first-order valence-corrected chi connectivity index (χ1v) is 7.25. The fraction of sp³-hybridized carbons (Fsp3) is 0.500. The molecule has 1 unspecified atom stereocenters. The molecule has 0 bridgehead atoms. The summed E-state index contributed by atoms with van der Waals surface area (Å²) in [5.41, 5.74) is 0.702. The number of carboxylic acid groups (broad SMARTS) is 1. The molecule has 0 spiro atoms. The zero-order valence-electron chi connectivity index (χ0n) is 12.9. The molecule has 2 amide bonds. The van der Waals surface area contributed by atoms with Crippen LogP contribution in [-0.2, 0) is 4.79 Å². The van der Waals surface area contributed by atoms with Crippen molar-refractivity contribution in [1.82, 2.24) is 5.32 Å². The number of carbonyl (C=O) groups excluding carboxylic acids is 1. The van der Waals surface area contributed by atoms with E-state index in [1.165, 1.54) is 4.90 Å². The summed E-state index contributed by atoms with van der Waals surface area (Å²) >= 11 is 0. The minimum absolute atomic E-state index is 0.0496. The number of carboxylic acids is 1. The topological polar surface area (TPSA) is 69.6 Å². The number of amides is 2. The molecule has 5 nitrogen and oxygen atoms in total. The Kier molecular flexibility index (Phi) is 6.72. The molecular formula is C16H24N2O3. The lowest BCUT2D eigenvalue weighted by Gasteiger charge is -2.25. The molecule has 1 rings (SSSR count). The van der Waals surface area contributed by atoms with E-state index in [-0.39, 0.29) is 25.0 Å². The van der Waals surface area contributed by atoms with Gasteiger partial charge in [0.05, 0.1) is 6.42 Å². The average Bonchev–Trinajstić information content (AvgIpc) is 2.38. The molecule has 0 aromatic heterocycles. The lowest BCUT2D eigenvalue weighted by Crippen LogP contribution is -2.45. The highest BCUT2D eigenvalue weighted by Crippen LogP contribution is 2.14. The number of urea groups is 1. The molecule has 0 fully saturated rings. The third kappa shape index (κ3) is 6.29. The Balaban J connectivity index is 2.76. The van der Waals surface area contributed by atoms with Crippen LogP contribution in [0.2, 0.25) is 0 Å². The van der Waals surface area contributed by atoms with Gasteiger partial charge in [-0.3, -0.25) is 9.69 Å². The molecule has 2 N–H and O–H groups in total. The summed E-state index contributed by atoms with van der Waals surface area (Å²) in [7, 11) is 0. The van der Waals surface area contributed by atoms with Gasteiger partial charge >= 0.3 is 12.0 Å². The van der Waals surface area contributed by atoms with Crippen LogP contribution in [0.1, 0.15) is 33.6 Å². The highest BCUT2D eigenvalue weighted by atomic mass is 16.4. The SMILES string of the molecule is CC(C)CC(C)NC(=O)N(CCC(=O)O)c1ccccc1. The van der Waals surface area contributed by atoms with Crippen molar-refractivity contribution in [2.75, 3.05) is 11.4 Å². The van der Waals surface area contributed by atoms with Crippen molar-refractivity contribution in [3.8, 4) is 0 Å². The third-order valence-corrected chi connectivity index (χ3v) is 3.06. The molecule has 5 heteroatoms. The summed E-state index contributed by atoms with van der Waals surface area (Å²) in [4.78, 5) is 24.6. The average molecular weight is 292 g/mol. The van der Waals surface area contributed by atoms with Crippen LogP contribution in [-0.4, -0.2) is 29.7 Å². The molecule has 0 radical (unpaired) electrons. The van der Waals surface area contributed by atoms with E-state index in [1.54, 1.807) is 12.1 Å². The molecule has 116 valence electrons. The van der Waals surface area contributed by atoms with Crippen molar-refractivity contribution in [2.24, 2.45) is 5.92 Å². The van der Waals surface area contributed by atoms with Crippen molar-refractivity contribution in [3.63, 3.8) is 0 Å². The fourth-order valence-electron chi connectivity index (χ4n) is 2.22. The highest BCUT2D eigenvalue weighted by Gasteiger charge is 2.18. The Morgan fingerprint density at radius 3 is 2.33 bits per heavy atom. The summed E-state index contributed by atoms with van der Waals surface area (Å²) < 4.78 is 0. The van der Waals surface area contributed by atoms with Gasteiger partial charge in [-0.15, -0.1) is 0 Å². The minimum Gasteiger partial charge on any atom is -0.481 e. The van der Waals surface area contributed by atoms with Gasteiger partial charge in [0, 0.05) is 18.3 Å². The predicted molar refractivity (Wildman–Crippen MR) is 83.5 cm³/mol. The van der Waals surface area contributed by atoms with E-state index >= 15 is 0 Å². The second kappa shape index (κ2) is 8.29. The normalized spacial score (nSPS) is 12.0. The summed E-state index contributed by atoms with van der Waals surface area (Å²) in [6.07, 6.45) is 0.800. The number of carbonyl (C=O) groups is 2. The summed E-state index contributed by atoms with van der Waals surface area (Å²) in [6.45, 7) is 6.31. The lowest BCUT2D eigenvalue weighted by atomic mass is 10.1. The number of benzene rings is 1. The van der Waals surface area contributed by atoms with Crippen LogP contribution in [0.15, 0.2) is 30.3 Å². The molecule has 1 aromatic carbocycles. The Morgan fingerprint density at radius 2 is 1.81 bits per heavy atom. The second-order valence-electron chi connectivity index (χ2n) is 5.61. The van der Waals surface area contributed by atoms with E-state index < -0.39 is 5.97 Å².